The standard InChI is InChI=1S/C23H44N4O8P/c1-5-32-21(28)17-24-9-11-25(18-22(29)33-6-2)13-15-27(20-36(31)35-8-4)16-14-26(12-10-24)19-23(30)34-7-3/h5-20H2,1-4H3/q+1. The molecule has 0 aliphatic carbocycles. The summed E-state index contributed by atoms with van der Waals surface area (Å²) in [6, 6.07) is 0. The van der Waals surface area contributed by atoms with Crippen molar-refractivity contribution in [1.29, 1.82) is 0 Å². The van der Waals surface area contributed by atoms with Crippen LogP contribution in [-0.2, 0) is 37.7 Å². The first kappa shape index (κ1) is 32.3. The Morgan fingerprint density at radius 3 is 1.14 bits per heavy atom. The average Bonchev–Trinajstić information content (AvgIpc) is 2.81. The first-order valence-electron chi connectivity index (χ1n) is 12.7. The summed E-state index contributed by atoms with van der Waals surface area (Å²) in [5.41, 5.74) is 0. The molecule has 0 spiro atoms. The van der Waals surface area contributed by atoms with Gasteiger partial charge in [0, 0.05) is 52.4 Å². The molecule has 1 fully saturated rings. The minimum atomic E-state index is -1.85. The van der Waals surface area contributed by atoms with Gasteiger partial charge >= 0.3 is 25.9 Å². The van der Waals surface area contributed by atoms with E-state index in [1.54, 1.807) is 27.7 Å². The largest absolute Gasteiger partial charge is 0.524 e. The van der Waals surface area contributed by atoms with Crippen LogP contribution in [0, 0.1) is 0 Å². The second-order valence-electron chi connectivity index (χ2n) is 8.25. The van der Waals surface area contributed by atoms with Crippen LogP contribution in [0.15, 0.2) is 0 Å². The molecular weight excluding hydrogens is 491 g/mol. The predicted octanol–water partition coefficient (Wildman–Crippen LogP) is 0.634. The first-order valence-corrected chi connectivity index (χ1v) is 14.1. The Hall–Kier alpha value is -1.69. The van der Waals surface area contributed by atoms with E-state index in [0.29, 0.717) is 78.8 Å². The molecule has 0 aromatic heterocycles. The molecule has 0 amide bonds. The van der Waals surface area contributed by atoms with Gasteiger partial charge in [-0.25, -0.2) is 0 Å². The maximum Gasteiger partial charge on any atom is 0.524 e. The molecule has 1 aliphatic rings. The highest BCUT2D eigenvalue weighted by Gasteiger charge is 2.26. The number of ether oxygens (including phenoxy) is 3. The molecule has 13 heteroatoms. The van der Waals surface area contributed by atoms with Crippen molar-refractivity contribution >= 4 is 25.9 Å². The van der Waals surface area contributed by atoms with Gasteiger partial charge in [0.2, 0.25) is 6.29 Å². The van der Waals surface area contributed by atoms with E-state index >= 15 is 0 Å². The van der Waals surface area contributed by atoms with Crippen molar-refractivity contribution in [3.8, 4) is 0 Å². The topological polar surface area (TPSA) is 118 Å². The van der Waals surface area contributed by atoms with Crippen molar-refractivity contribution in [2.45, 2.75) is 27.7 Å². The third-order valence-corrected chi connectivity index (χ3v) is 6.67. The monoisotopic (exact) mass is 535 g/mol. The summed E-state index contributed by atoms with van der Waals surface area (Å²) in [6.07, 6.45) is 0.263. The zero-order chi connectivity index (χ0) is 26.8. The van der Waals surface area contributed by atoms with Crippen molar-refractivity contribution in [3.63, 3.8) is 0 Å². The van der Waals surface area contributed by atoms with Gasteiger partial charge in [-0.05, 0) is 32.3 Å². The van der Waals surface area contributed by atoms with E-state index in [1.807, 2.05) is 19.6 Å². The summed E-state index contributed by atoms with van der Waals surface area (Å²) >= 11 is 0. The molecule has 0 aromatic carbocycles. The summed E-state index contributed by atoms with van der Waals surface area (Å²) in [4.78, 5) is 44.5. The van der Waals surface area contributed by atoms with Crippen molar-refractivity contribution in [1.82, 2.24) is 19.6 Å². The molecule has 1 aliphatic heterocycles. The second kappa shape index (κ2) is 19.4. The maximum absolute atomic E-state index is 12.3. The highest BCUT2D eigenvalue weighted by atomic mass is 31.1. The van der Waals surface area contributed by atoms with Crippen molar-refractivity contribution < 1.29 is 37.7 Å². The van der Waals surface area contributed by atoms with Gasteiger partial charge < -0.3 is 14.2 Å². The fourth-order valence-electron chi connectivity index (χ4n) is 3.71. The molecular formula is C23H44N4O8P+. The molecule has 12 nitrogen and oxygen atoms in total. The normalized spacial score (nSPS) is 18.1. The zero-order valence-corrected chi connectivity index (χ0v) is 23.2. The lowest BCUT2D eigenvalue weighted by molar-refractivity contribution is -0.146. The molecule has 1 heterocycles. The zero-order valence-electron chi connectivity index (χ0n) is 22.3. The summed E-state index contributed by atoms with van der Waals surface area (Å²) < 4.78 is 33.0. The average molecular weight is 536 g/mol. The van der Waals surface area contributed by atoms with E-state index in [1.165, 1.54) is 0 Å². The predicted molar refractivity (Wildman–Crippen MR) is 135 cm³/mol. The van der Waals surface area contributed by atoms with Crippen LogP contribution in [-0.4, -0.2) is 142 Å². The fraction of sp³-hybridized carbons (Fsp3) is 0.870. The van der Waals surface area contributed by atoms with E-state index < -0.39 is 8.03 Å². The van der Waals surface area contributed by atoms with Gasteiger partial charge in [-0.3, -0.25) is 34.0 Å². The van der Waals surface area contributed by atoms with Gasteiger partial charge in [0.05, 0.1) is 46.1 Å². The van der Waals surface area contributed by atoms with Crippen LogP contribution < -0.4 is 0 Å². The minimum absolute atomic E-state index is 0.120. The maximum atomic E-state index is 12.3. The van der Waals surface area contributed by atoms with Gasteiger partial charge in [-0.15, -0.1) is 4.52 Å². The number of hydrogen-bond acceptors (Lipinski definition) is 12. The molecule has 36 heavy (non-hydrogen) atoms. The van der Waals surface area contributed by atoms with Crippen molar-refractivity contribution in [2.24, 2.45) is 0 Å². The summed E-state index contributed by atoms with van der Waals surface area (Å²) in [7, 11) is -1.85. The molecule has 0 radical (unpaired) electrons. The minimum Gasteiger partial charge on any atom is -0.465 e. The lowest BCUT2D eigenvalue weighted by atomic mass is 10.3. The van der Waals surface area contributed by atoms with Crippen LogP contribution in [0.3, 0.4) is 0 Å². The lowest BCUT2D eigenvalue weighted by Crippen LogP contribution is -2.48. The van der Waals surface area contributed by atoms with Crippen LogP contribution in [0.1, 0.15) is 27.7 Å². The summed E-state index contributed by atoms with van der Waals surface area (Å²) in [6.45, 7) is 13.0. The smallest absolute Gasteiger partial charge is 0.465 e. The number of rotatable bonds is 13. The second-order valence-corrected chi connectivity index (χ2v) is 9.46. The molecule has 0 saturated carbocycles. The number of hydrogen-bond donors (Lipinski definition) is 0. The Morgan fingerprint density at radius 1 is 0.556 bits per heavy atom. The molecule has 208 valence electrons. The molecule has 1 rings (SSSR count). The number of carbonyl (C=O) groups excluding carboxylic acids is 3. The van der Waals surface area contributed by atoms with E-state index in [4.69, 9.17) is 18.7 Å². The molecule has 1 unspecified atom stereocenters. The van der Waals surface area contributed by atoms with Gasteiger partial charge in [-0.1, -0.05) is 0 Å². The molecule has 0 aromatic rings. The highest BCUT2D eigenvalue weighted by molar-refractivity contribution is 7.39. The van der Waals surface area contributed by atoms with Crippen LogP contribution in [0.4, 0.5) is 0 Å². The number of nitrogens with zero attached hydrogens (tertiary/aromatic N) is 4. The van der Waals surface area contributed by atoms with E-state index in [9.17, 15) is 18.9 Å². The van der Waals surface area contributed by atoms with Crippen LogP contribution >= 0.6 is 8.03 Å². The van der Waals surface area contributed by atoms with Gasteiger partial charge in [0.25, 0.3) is 0 Å². The van der Waals surface area contributed by atoms with Crippen molar-refractivity contribution in [2.75, 3.05) is 105 Å². The molecule has 1 atom stereocenters. The molecule has 0 N–H and O–H groups in total. The van der Waals surface area contributed by atoms with Gasteiger partial charge in [0.15, 0.2) is 0 Å². The summed E-state index contributed by atoms with van der Waals surface area (Å²) in [5.74, 6) is -0.937. The van der Waals surface area contributed by atoms with Gasteiger partial charge in [0.1, 0.15) is 0 Å². The van der Waals surface area contributed by atoms with Crippen LogP contribution in [0.25, 0.3) is 0 Å². The lowest BCUT2D eigenvalue weighted by Gasteiger charge is -2.32. The Morgan fingerprint density at radius 2 is 0.861 bits per heavy atom. The highest BCUT2D eigenvalue weighted by Crippen LogP contribution is 2.23. The molecule has 0 bridgehead atoms. The Labute approximate surface area is 216 Å². The quantitative estimate of drug-likeness (QED) is 0.187. The number of esters is 3. The first-order chi connectivity index (χ1) is 17.3. The van der Waals surface area contributed by atoms with E-state index in [0.717, 1.165) is 0 Å². The van der Waals surface area contributed by atoms with E-state index in [-0.39, 0.29) is 43.8 Å². The Balaban J connectivity index is 3.03. The third kappa shape index (κ3) is 14.8. The summed E-state index contributed by atoms with van der Waals surface area (Å²) in [5, 5.41) is 0. The van der Waals surface area contributed by atoms with Crippen LogP contribution in [0.2, 0.25) is 0 Å². The Kier molecular flexibility index (Phi) is 17.4. The number of carbonyl (C=O) groups is 3. The Bertz CT molecular complexity index is 556. The van der Waals surface area contributed by atoms with Crippen LogP contribution in [0.5, 0.6) is 0 Å². The third-order valence-electron chi connectivity index (χ3n) is 5.49. The van der Waals surface area contributed by atoms with Crippen molar-refractivity contribution in [3.05, 3.63) is 0 Å². The van der Waals surface area contributed by atoms with E-state index in [2.05, 4.69) is 0 Å². The SMILES string of the molecule is CCOC(=O)CN1CCN(CC(=O)OCC)CCN(C[P+](=O)OCC)CCN(CC(=O)OCC)CC1. The van der Waals surface area contributed by atoms with Gasteiger partial charge in [-0.2, -0.15) is 0 Å². The fourth-order valence-corrected chi connectivity index (χ4v) is 4.69. The molecule has 1 saturated heterocycles.